The number of benzene rings is 1. The Balaban J connectivity index is 0.000000757. The van der Waals surface area contributed by atoms with Crippen molar-refractivity contribution in [3.8, 4) is 11.8 Å². The summed E-state index contributed by atoms with van der Waals surface area (Å²) >= 11 is 0. The molecule has 0 fully saturated rings. The molecule has 3 atom stereocenters. The molecular weight excluding hydrogens is 508 g/mol. The van der Waals surface area contributed by atoms with Gasteiger partial charge in [0.25, 0.3) is 5.56 Å². The molecule has 0 aliphatic carbocycles. The van der Waals surface area contributed by atoms with Gasteiger partial charge in [-0.1, -0.05) is 0 Å². The number of hydrogen-bond acceptors (Lipinski definition) is 13. The number of nitro groups is 2. The van der Waals surface area contributed by atoms with Crippen LogP contribution in [-0.4, -0.2) is 81.8 Å². The fraction of sp³-hybridized carbons (Fsp3) is 0.500. The first-order chi connectivity index (χ1) is 18.0. The molecule has 3 rings (SSSR count). The first-order valence-corrected chi connectivity index (χ1v) is 11.1. The van der Waals surface area contributed by atoms with Crippen molar-refractivity contribution >= 4 is 5.82 Å². The highest BCUT2D eigenvalue weighted by atomic mass is 16.7. The van der Waals surface area contributed by atoms with Crippen LogP contribution in [0, 0.1) is 31.6 Å². The normalized spacial score (nSPS) is 18.0. The molecule has 0 bridgehead atoms. The van der Waals surface area contributed by atoms with Gasteiger partial charge in [0.15, 0.2) is 5.60 Å². The van der Waals surface area contributed by atoms with Gasteiger partial charge in [-0.05, 0) is 24.3 Å². The van der Waals surface area contributed by atoms with Crippen LogP contribution in [0.5, 0.6) is 5.75 Å². The van der Waals surface area contributed by atoms with Gasteiger partial charge in [-0.15, -0.1) is 0 Å². The van der Waals surface area contributed by atoms with E-state index in [4.69, 9.17) is 19.3 Å². The molecular formula is C22H28N6O10. The first kappa shape index (κ1) is 30.1. The van der Waals surface area contributed by atoms with Crippen LogP contribution in [0.25, 0.3) is 0 Å². The zero-order valence-electron chi connectivity index (χ0n) is 20.8. The van der Waals surface area contributed by atoms with E-state index in [2.05, 4.69) is 16.5 Å². The number of nitrogens with one attached hydrogen (secondary N) is 1. The van der Waals surface area contributed by atoms with Crippen LogP contribution >= 0.6 is 0 Å². The Morgan fingerprint density at radius 3 is 2.42 bits per heavy atom. The average Bonchev–Trinajstić information content (AvgIpc) is 2.87. The van der Waals surface area contributed by atoms with Crippen LogP contribution in [0.4, 0.5) is 5.82 Å². The number of aliphatic hydroxyl groups is 2. The van der Waals surface area contributed by atoms with Crippen LogP contribution < -0.4 is 15.6 Å². The molecule has 38 heavy (non-hydrogen) atoms. The average molecular weight is 536 g/mol. The first-order valence-electron chi connectivity index (χ1n) is 11.1. The highest BCUT2D eigenvalue weighted by Gasteiger charge is 2.50. The van der Waals surface area contributed by atoms with Gasteiger partial charge in [-0.2, -0.15) is 10.4 Å². The Kier molecular flexibility index (Phi) is 10.6. The second-order valence-corrected chi connectivity index (χ2v) is 8.22. The van der Waals surface area contributed by atoms with E-state index in [1.54, 1.807) is 18.2 Å². The highest BCUT2D eigenvalue weighted by Crippen LogP contribution is 2.42. The van der Waals surface area contributed by atoms with Crippen molar-refractivity contribution in [3.63, 3.8) is 0 Å². The number of nitriles is 1. The molecule has 16 heteroatoms. The summed E-state index contributed by atoms with van der Waals surface area (Å²) in [4.78, 5) is 30.6. The van der Waals surface area contributed by atoms with Gasteiger partial charge >= 0.3 is 6.23 Å². The van der Waals surface area contributed by atoms with E-state index in [0.29, 0.717) is 16.9 Å². The molecule has 1 aliphatic rings. The van der Waals surface area contributed by atoms with E-state index in [1.807, 2.05) is 0 Å². The molecule has 1 aliphatic heterocycles. The summed E-state index contributed by atoms with van der Waals surface area (Å²) in [5.74, 6) is 0.624. The van der Waals surface area contributed by atoms with Crippen molar-refractivity contribution in [1.29, 1.82) is 5.26 Å². The van der Waals surface area contributed by atoms with Gasteiger partial charge in [-0.25, -0.2) is 4.68 Å². The predicted molar refractivity (Wildman–Crippen MR) is 130 cm³/mol. The lowest BCUT2D eigenvalue weighted by molar-refractivity contribution is -0.565. The molecule has 1 unspecified atom stereocenters. The third-order valence-electron chi connectivity index (χ3n) is 5.39. The molecule has 1 aromatic heterocycles. The van der Waals surface area contributed by atoms with Crippen molar-refractivity contribution < 1.29 is 34.3 Å². The second kappa shape index (κ2) is 13.4. The van der Waals surface area contributed by atoms with Gasteiger partial charge in [0.2, 0.25) is 6.54 Å². The maximum atomic E-state index is 12.0. The van der Waals surface area contributed by atoms with Crippen LogP contribution in [0.1, 0.15) is 24.1 Å². The predicted octanol–water partition coefficient (Wildman–Crippen LogP) is -0.0688. The highest BCUT2D eigenvalue weighted by molar-refractivity contribution is 5.50. The molecule has 0 saturated carbocycles. The minimum atomic E-state index is -1.43. The number of aliphatic hydroxyl groups excluding tert-OH is 2. The summed E-state index contributed by atoms with van der Waals surface area (Å²) < 4.78 is 17.6. The summed E-state index contributed by atoms with van der Waals surface area (Å²) in [6.45, 7) is 0.449. The smallest absolute Gasteiger partial charge is 0.310 e. The quantitative estimate of drug-likeness (QED) is 0.206. The number of aromatic nitrogens is 2. The lowest BCUT2D eigenvalue weighted by Gasteiger charge is -2.45. The van der Waals surface area contributed by atoms with E-state index in [-0.39, 0.29) is 25.6 Å². The SMILES string of the molecule is CC(O)[N+](=O)[O-].COCC1(COC)Oc2ccc(C#N)cc2[C@@H](Nc2ccc(=O)n(CC[N+](=O)[O-])n2)[C@@H]1O. The van der Waals surface area contributed by atoms with Gasteiger partial charge in [0.05, 0.1) is 35.8 Å². The van der Waals surface area contributed by atoms with Crippen LogP contribution in [0.15, 0.2) is 35.1 Å². The number of nitrogens with zero attached hydrogens (tertiary/aromatic N) is 5. The number of hydrogen-bond donors (Lipinski definition) is 3. The Bertz CT molecular complexity index is 1220. The fourth-order valence-electron chi connectivity index (χ4n) is 3.65. The number of anilines is 1. The van der Waals surface area contributed by atoms with E-state index >= 15 is 0 Å². The van der Waals surface area contributed by atoms with Crippen LogP contribution in [0.3, 0.4) is 0 Å². The van der Waals surface area contributed by atoms with Crippen molar-refractivity contribution in [3.05, 3.63) is 72.0 Å². The molecule has 3 N–H and O–H groups in total. The maximum Gasteiger partial charge on any atom is 0.310 e. The number of ether oxygens (including phenoxy) is 3. The monoisotopic (exact) mass is 536 g/mol. The topological polar surface area (TPSA) is 225 Å². The van der Waals surface area contributed by atoms with Crippen molar-refractivity contribution in [2.75, 3.05) is 39.3 Å². The van der Waals surface area contributed by atoms with E-state index in [0.717, 1.165) is 11.6 Å². The van der Waals surface area contributed by atoms with Crippen LogP contribution in [-0.2, 0) is 16.0 Å². The Hall–Kier alpha value is -4.17. The van der Waals surface area contributed by atoms with Crippen molar-refractivity contribution in [2.24, 2.45) is 0 Å². The van der Waals surface area contributed by atoms with Gasteiger partial charge < -0.3 is 29.7 Å². The molecule has 16 nitrogen and oxygen atoms in total. The molecule has 0 amide bonds. The summed E-state index contributed by atoms with van der Waals surface area (Å²) in [6.07, 6.45) is -2.63. The molecule has 0 radical (unpaired) electrons. The summed E-state index contributed by atoms with van der Waals surface area (Å²) in [5, 5.41) is 55.7. The largest absolute Gasteiger partial charge is 0.479 e. The van der Waals surface area contributed by atoms with E-state index in [9.17, 15) is 35.4 Å². The summed E-state index contributed by atoms with van der Waals surface area (Å²) in [7, 11) is 2.94. The fourth-order valence-corrected chi connectivity index (χ4v) is 3.65. The third-order valence-corrected chi connectivity index (χ3v) is 5.39. The van der Waals surface area contributed by atoms with Crippen molar-refractivity contribution in [1.82, 2.24) is 9.78 Å². The Morgan fingerprint density at radius 2 is 1.89 bits per heavy atom. The van der Waals surface area contributed by atoms with E-state index < -0.39 is 45.9 Å². The van der Waals surface area contributed by atoms with Gasteiger partial charge in [-0.3, -0.25) is 25.0 Å². The molecule has 2 heterocycles. The molecule has 1 aromatic carbocycles. The Morgan fingerprint density at radius 1 is 1.26 bits per heavy atom. The summed E-state index contributed by atoms with van der Waals surface area (Å²) in [6, 6.07) is 8.68. The molecule has 0 spiro atoms. The third kappa shape index (κ3) is 7.43. The molecule has 2 aromatic rings. The minimum absolute atomic E-state index is 0.00931. The molecule has 0 saturated heterocycles. The molecule has 206 valence electrons. The second-order valence-electron chi connectivity index (χ2n) is 8.22. The maximum absolute atomic E-state index is 12.0. The zero-order chi connectivity index (χ0) is 28.5. The number of fused-ring (bicyclic) bond motifs is 1. The van der Waals surface area contributed by atoms with Gasteiger partial charge in [0, 0.05) is 37.7 Å². The summed E-state index contributed by atoms with van der Waals surface area (Å²) in [5.41, 5.74) is -0.891. The van der Waals surface area contributed by atoms with Crippen molar-refractivity contribution in [2.45, 2.75) is 37.4 Å². The number of rotatable bonds is 10. The van der Waals surface area contributed by atoms with E-state index in [1.165, 1.54) is 26.4 Å². The van der Waals surface area contributed by atoms with Crippen LogP contribution in [0.2, 0.25) is 0 Å². The number of methoxy groups -OCH3 is 2. The standard InChI is InChI=1S/C20H23N5O7.C2H5NO3/c1-30-11-20(12-31-2)19(27)18(14-9-13(10-21)3-4-15(14)32-20)22-16-5-6-17(26)24(23-16)7-8-25(28)29;1-2(4)3(5)6/h3-6,9,18-19,27H,7-8,11-12H2,1-2H3,(H,22,23);2,4H,1H3/t18-,19+;/m1./s1. The zero-order valence-corrected chi connectivity index (χ0v) is 20.8. The minimum Gasteiger partial charge on any atom is -0.479 e. The Labute approximate surface area is 216 Å². The van der Waals surface area contributed by atoms with Gasteiger partial charge in [0.1, 0.15) is 24.2 Å². The lowest BCUT2D eigenvalue weighted by atomic mass is 9.84. The lowest BCUT2D eigenvalue weighted by Crippen LogP contribution is -2.60.